The summed E-state index contributed by atoms with van der Waals surface area (Å²) in [6, 6.07) is 7.84. The van der Waals surface area contributed by atoms with Gasteiger partial charge < -0.3 is 15.1 Å². The zero-order chi connectivity index (χ0) is 19.6. The van der Waals surface area contributed by atoms with Crippen molar-refractivity contribution in [2.75, 3.05) is 49.2 Å². The molecular weight excluding hydrogens is 368 g/mol. The molecule has 0 unspecified atom stereocenters. The molecule has 1 aromatic heterocycles. The highest BCUT2D eigenvalue weighted by molar-refractivity contribution is 7.92. The van der Waals surface area contributed by atoms with Crippen molar-refractivity contribution >= 4 is 33.3 Å². The molecule has 0 spiro atoms. The largest absolute Gasteiger partial charge is 0.367 e. The summed E-state index contributed by atoms with van der Waals surface area (Å²) in [4.78, 5) is 15.4. The average Bonchev–Trinajstić information content (AvgIpc) is 2.90. The van der Waals surface area contributed by atoms with Crippen molar-refractivity contribution in [3.63, 3.8) is 0 Å². The summed E-state index contributed by atoms with van der Waals surface area (Å²) >= 11 is 0. The fourth-order valence-corrected chi connectivity index (χ4v) is 3.75. The third-order valence-corrected chi connectivity index (χ3v) is 5.56. The van der Waals surface area contributed by atoms with Crippen LogP contribution in [0.25, 0.3) is 0 Å². The minimum absolute atomic E-state index is 0.0595. The van der Waals surface area contributed by atoms with Crippen LogP contribution in [0.4, 0.5) is 17.3 Å². The number of carbonyl (C=O) groups is 1. The van der Waals surface area contributed by atoms with Gasteiger partial charge in [0, 0.05) is 25.8 Å². The molecule has 2 heterocycles. The molecule has 1 aliphatic heterocycles. The van der Waals surface area contributed by atoms with E-state index in [9.17, 15) is 13.2 Å². The molecule has 1 aromatic carbocycles. The number of amides is 1. The molecule has 9 nitrogen and oxygen atoms in total. The summed E-state index contributed by atoms with van der Waals surface area (Å²) in [5, 5.41) is 11.0. The fraction of sp³-hybridized carbons (Fsp3) is 0.353. The molecule has 27 heavy (non-hydrogen) atoms. The number of likely N-dealkylation sites (N-methyl/N-ethyl adjacent to an activating group) is 2. The minimum atomic E-state index is -3.82. The maximum Gasteiger partial charge on any atom is 0.263 e. The summed E-state index contributed by atoms with van der Waals surface area (Å²) in [5.74, 6) is 0.636. The van der Waals surface area contributed by atoms with E-state index in [0.29, 0.717) is 17.9 Å². The van der Waals surface area contributed by atoms with Crippen LogP contribution in [0.5, 0.6) is 0 Å². The van der Waals surface area contributed by atoms with Gasteiger partial charge in [0.2, 0.25) is 5.91 Å². The average molecular weight is 390 g/mol. The molecule has 0 radical (unpaired) electrons. The van der Waals surface area contributed by atoms with E-state index in [0.717, 1.165) is 12.2 Å². The SMILES string of the molecule is CN(C)CCNc1ccc(NS(=O)(=O)c2ccc3c(c2)CC(=O)N3C)nn1. The fourth-order valence-electron chi connectivity index (χ4n) is 2.70. The Labute approximate surface area is 158 Å². The van der Waals surface area contributed by atoms with Crippen LogP contribution in [0.3, 0.4) is 0 Å². The predicted octanol–water partition coefficient (Wildman–Crippen LogP) is 0.770. The first-order chi connectivity index (χ1) is 12.8. The molecule has 0 atom stereocenters. The third kappa shape index (κ3) is 4.34. The summed E-state index contributed by atoms with van der Waals surface area (Å²) in [6.45, 7) is 1.54. The summed E-state index contributed by atoms with van der Waals surface area (Å²) in [7, 11) is 1.79. The van der Waals surface area contributed by atoms with Gasteiger partial charge in [-0.05, 0) is 50.0 Å². The Morgan fingerprint density at radius 2 is 1.85 bits per heavy atom. The number of nitrogens with one attached hydrogen (secondary N) is 2. The Morgan fingerprint density at radius 3 is 2.52 bits per heavy atom. The number of carbonyl (C=O) groups excluding carboxylic acids is 1. The second-order valence-electron chi connectivity index (χ2n) is 6.56. The molecule has 2 N–H and O–H groups in total. The number of hydrogen-bond acceptors (Lipinski definition) is 7. The predicted molar refractivity (Wildman–Crippen MR) is 103 cm³/mol. The molecule has 0 bridgehead atoms. The van der Waals surface area contributed by atoms with E-state index in [2.05, 4.69) is 20.2 Å². The molecule has 0 aliphatic carbocycles. The number of rotatable bonds is 7. The van der Waals surface area contributed by atoms with Gasteiger partial charge >= 0.3 is 0 Å². The van der Waals surface area contributed by atoms with Gasteiger partial charge in [-0.25, -0.2) is 8.42 Å². The van der Waals surface area contributed by atoms with Crippen molar-refractivity contribution in [1.29, 1.82) is 0 Å². The highest BCUT2D eigenvalue weighted by Gasteiger charge is 2.26. The van der Waals surface area contributed by atoms with Crippen LogP contribution >= 0.6 is 0 Å². The lowest BCUT2D eigenvalue weighted by atomic mass is 10.2. The van der Waals surface area contributed by atoms with Gasteiger partial charge in [-0.1, -0.05) is 0 Å². The molecule has 1 amide bonds. The molecule has 2 aromatic rings. The van der Waals surface area contributed by atoms with Gasteiger partial charge in [0.15, 0.2) is 5.82 Å². The quantitative estimate of drug-likeness (QED) is 0.719. The lowest BCUT2D eigenvalue weighted by Crippen LogP contribution is -2.21. The lowest BCUT2D eigenvalue weighted by molar-refractivity contribution is -0.117. The smallest absolute Gasteiger partial charge is 0.263 e. The van der Waals surface area contributed by atoms with E-state index in [1.807, 2.05) is 19.0 Å². The first-order valence-corrected chi connectivity index (χ1v) is 9.89. The molecule has 0 saturated carbocycles. The molecule has 144 valence electrons. The molecule has 3 rings (SSSR count). The standard InChI is InChI=1S/C17H22N6O3S/c1-22(2)9-8-18-15-6-7-16(20-19-15)21-27(25,26)13-4-5-14-12(10-13)11-17(24)23(14)3/h4-7,10H,8-9,11H2,1-3H3,(H,18,19)(H,20,21). The molecular formula is C17H22N6O3S. The Bertz CT molecular complexity index is 944. The number of fused-ring (bicyclic) bond motifs is 1. The van der Waals surface area contributed by atoms with Crippen LogP contribution < -0.4 is 14.9 Å². The van der Waals surface area contributed by atoms with E-state index in [1.165, 1.54) is 17.0 Å². The molecule has 0 fully saturated rings. The van der Waals surface area contributed by atoms with Gasteiger partial charge in [-0.15, -0.1) is 10.2 Å². The normalized spacial score (nSPS) is 13.8. The van der Waals surface area contributed by atoms with Crippen molar-refractivity contribution in [3.05, 3.63) is 35.9 Å². The number of sulfonamides is 1. The lowest BCUT2D eigenvalue weighted by Gasteiger charge is -2.12. The summed E-state index contributed by atoms with van der Waals surface area (Å²) in [5.41, 5.74) is 1.42. The number of benzene rings is 1. The van der Waals surface area contributed by atoms with Gasteiger partial charge in [-0.3, -0.25) is 9.52 Å². The Balaban J connectivity index is 1.70. The zero-order valence-corrected chi connectivity index (χ0v) is 16.2. The van der Waals surface area contributed by atoms with Crippen LogP contribution in [0.15, 0.2) is 35.2 Å². The number of aromatic nitrogens is 2. The number of nitrogens with zero attached hydrogens (tertiary/aromatic N) is 4. The van der Waals surface area contributed by atoms with Crippen LogP contribution in [-0.4, -0.2) is 63.7 Å². The van der Waals surface area contributed by atoms with E-state index in [4.69, 9.17) is 0 Å². The van der Waals surface area contributed by atoms with Crippen LogP contribution in [0, 0.1) is 0 Å². The topological polar surface area (TPSA) is 108 Å². The van der Waals surface area contributed by atoms with E-state index in [-0.39, 0.29) is 23.0 Å². The van der Waals surface area contributed by atoms with Crippen molar-refractivity contribution in [2.45, 2.75) is 11.3 Å². The van der Waals surface area contributed by atoms with Crippen LogP contribution in [0.1, 0.15) is 5.56 Å². The first kappa shape index (κ1) is 19.1. The minimum Gasteiger partial charge on any atom is -0.367 e. The van der Waals surface area contributed by atoms with Gasteiger partial charge in [0.1, 0.15) is 5.82 Å². The van der Waals surface area contributed by atoms with Crippen molar-refractivity contribution in [2.24, 2.45) is 0 Å². The second kappa shape index (κ2) is 7.49. The molecule has 1 aliphatic rings. The van der Waals surface area contributed by atoms with E-state index >= 15 is 0 Å². The maximum atomic E-state index is 12.6. The molecule has 0 saturated heterocycles. The summed E-state index contributed by atoms with van der Waals surface area (Å²) in [6.07, 6.45) is 0.197. The molecule has 10 heteroatoms. The first-order valence-electron chi connectivity index (χ1n) is 8.41. The maximum absolute atomic E-state index is 12.6. The van der Waals surface area contributed by atoms with Crippen LogP contribution in [-0.2, 0) is 21.2 Å². The Hall–Kier alpha value is -2.72. The monoisotopic (exact) mass is 390 g/mol. The highest BCUT2D eigenvalue weighted by atomic mass is 32.2. The Kier molecular flexibility index (Phi) is 5.29. The van der Waals surface area contributed by atoms with Gasteiger partial charge in [0.05, 0.1) is 11.3 Å². The zero-order valence-electron chi connectivity index (χ0n) is 15.4. The van der Waals surface area contributed by atoms with Crippen molar-refractivity contribution in [3.8, 4) is 0 Å². The Morgan fingerprint density at radius 1 is 1.15 bits per heavy atom. The second-order valence-corrected chi connectivity index (χ2v) is 8.24. The highest BCUT2D eigenvalue weighted by Crippen LogP contribution is 2.30. The van der Waals surface area contributed by atoms with Crippen LogP contribution in [0.2, 0.25) is 0 Å². The number of anilines is 3. The summed E-state index contributed by atoms with van der Waals surface area (Å²) < 4.78 is 27.6. The van der Waals surface area contributed by atoms with E-state index in [1.54, 1.807) is 25.2 Å². The van der Waals surface area contributed by atoms with E-state index < -0.39 is 10.0 Å². The van der Waals surface area contributed by atoms with Crippen molar-refractivity contribution < 1.29 is 13.2 Å². The van der Waals surface area contributed by atoms with Gasteiger partial charge in [-0.2, -0.15) is 0 Å². The number of hydrogen-bond donors (Lipinski definition) is 2. The van der Waals surface area contributed by atoms with Crippen molar-refractivity contribution in [1.82, 2.24) is 15.1 Å². The third-order valence-electron chi connectivity index (χ3n) is 4.21. The van der Waals surface area contributed by atoms with Gasteiger partial charge in [0.25, 0.3) is 10.0 Å².